The number of carbonyl (C=O) groups excluding carboxylic acids is 1. The van der Waals surface area contributed by atoms with E-state index >= 15 is 0 Å². The van der Waals surface area contributed by atoms with Crippen molar-refractivity contribution < 1.29 is 9.53 Å². The molecule has 0 amide bonds. The molecule has 0 spiro atoms. The summed E-state index contributed by atoms with van der Waals surface area (Å²) in [6, 6.07) is 7.35. The lowest BCUT2D eigenvalue weighted by molar-refractivity contribution is 0.0526. The molecule has 0 aliphatic carbocycles. The molecule has 0 atom stereocenters. The Kier molecular flexibility index (Phi) is 3.46. The maximum Gasteiger partial charge on any atom is 0.338 e. The molecule has 0 saturated carbocycles. The Morgan fingerprint density at radius 3 is 2.78 bits per heavy atom. The van der Waals surface area contributed by atoms with Crippen molar-refractivity contribution >= 4 is 5.97 Å². The first-order valence-electron chi connectivity index (χ1n) is 5.92. The van der Waals surface area contributed by atoms with Crippen molar-refractivity contribution in [3.05, 3.63) is 47.5 Å². The van der Waals surface area contributed by atoms with Gasteiger partial charge < -0.3 is 9.30 Å². The molecule has 2 aromatic rings. The zero-order chi connectivity index (χ0) is 13.1. The summed E-state index contributed by atoms with van der Waals surface area (Å²) >= 11 is 0. The molecule has 0 bridgehead atoms. The minimum Gasteiger partial charge on any atom is -0.462 e. The monoisotopic (exact) mass is 244 g/mol. The molecule has 0 radical (unpaired) electrons. The SMILES string of the molecule is CCOC(=O)c1cccc(-n2cc(C)nc2C)c1. The lowest BCUT2D eigenvalue weighted by atomic mass is 10.2. The molecule has 0 fully saturated rings. The van der Waals surface area contributed by atoms with Crippen LogP contribution in [0.25, 0.3) is 5.69 Å². The van der Waals surface area contributed by atoms with Crippen LogP contribution >= 0.6 is 0 Å². The van der Waals surface area contributed by atoms with Crippen molar-refractivity contribution in [3.8, 4) is 5.69 Å². The molecule has 1 heterocycles. The van der Waals surface area contributed by atoms with Gasteiger partial charge in [-0.3, -0.25) is 0 Å². The van der Waals surface area contributed by atoms with E-state index in [1.54, 1.807) is 13.0 Å². The lowest BCUT2D eigenvalue weighted by Crippen LogP contribution is -2.05. The second-order valence-electron chi connectivity index (χ2n) is 4.07. The van der Waals surface area contributed by atoms with Crippen molar-refractivity contribution in [1.29, 1.82) is 0 Å². The number of hydrogen-bond acceptors (Lipinski definition) is 3. The van der Waals surface area contributed by atoms with Gasteiger partial charge in [-0.1, -0.05) is 6.07 Å². The molecule has 4 heteroatoms. The lowest BCUT2D eigenvalue weighted by Gasteiger charge is -2.07. The maximum absolute atomic E-state index is 11.7. The van der Waals surface area contributed by atoms with Crippen LogP contribution in [0.4, 0.5) is 0 Å². The molecule has 0 saturated heterocycles. The number of benzene rings is 1. The highest BCUT2D eigenvalue weighted by Crippen LogP contribution is 2.14. The number of carbonyl (C=O) groups is 1. The normalized spacial score (nSPS) is 10.4. The van der Waals surface area contributed by atoms with Crippen LogP contribution in [-0.4, -0.2) is 22.1 Å². The van der Waals surface area contributed by atoms with Gasteiger partial charge in [0.15, 0.2) is 0 Å². The minimum atomic E-state index is -0.297. The summed E-state index contributed by atoms with van der Waals surface area (Å²) < 4.78 is 6.95. The third-order valence-corrected chi connectivity index (χ3v) is 2.64. The molecule has 18 heavy (non-hydrogen) atoms. The van der Waals surface area contributed by atoms with E-state index in [2.05, 4.69) is 4.98 Å². The zero-order valence-electron chi connectivity index (χ0n) is 10.8. The largest absolute Gasteiger partial charge is 0.462 e. The number of esters is 1. The van der Waals surface area contributed by atoms with E-state index in [1.807, 2.05) is 42.8 Å². The van der Waals surface area contributed by atoms with Crippen molar-refractivity contribution in [1.82, 2.24) is 9.55 Å². The third kappa shape index (κ3) is 2.42. The number of aromatic nitrogens is 2. The molecule has 0 aliphatic heterocycles. The number of aryl methyl sites for hydroxylation is 2. The van der Waals surface area contributed by atoms with Crippen molar-refractivity contribution in [2.24, 2.45) is 0 Å². The molecule has 0 aliphatic rings. The average molecular weight is 244 g/mol. The average Bonchev–Trinajstić information content (AvgIpc) is 2.69. The fraction of sp³-hybridized carbons (Fsp3) is 0.286. The fourth-order valence-electron chi connectivity index (χ4n) is 1.88. The molecule has 4 nitrogen and oxygen atoms in total. The Hall–Kier alpha value is -2.10. The molecule has 2 rings (SSSR count). The van der Waals surface area contributed by atoms with Gasteiger partial charge in [0.2, 0.25) is 0 Å². The van der Waals surface area contributed by atoms with Gasteiger partial charge in [-0.15, -0.1) is 0 Å². The van der Waals surface area contributed by atoms with Gasteiger partial charge in [-0.25, -0.2) is 9.78 Å². The molecular weight excluding hydrogens is 228 g/mol. The van der Waals surface area contributed by atoms with Gasteiger partial charge in [0, 0.05) is 11.9 Å². The molecule has 0 N–H and O–H groups in total. The number of imidazole rings is 1. The Labute approximate surface area is 106 Å². The van der Waals surface area contributed by atoms with Crippen molar-refractivity contribution in [2.75, 3.05) is 6.61 Å². The first-order chi connectivity index (χ1) is 8.61. The predicted molar refractivity (Wildman–Crippen MR) is 69.0 cm³/mol. The van der Waals surface area contributed by atoms with Gasteiger partial charge in [0.25, 0.3) is 0 Å². The first-order valence-corrected chi connectivity index (χ1v) is 5.92. The van der Waals surface area contributed by atoms with Crippen LogP contribution in [0.3, 0.4) is 0 Å². The summed E-state index contributed by atoms with van der Waals surface area (Å²) in [5, 5.41) is 0. The maximum atomic E-state index is 11.7. The molecule has 0 unspecified atom stereocenters. The third-order valence-electron chi connectivity index (χ3n) is 2.64. The van der Waals surface area contributed by atoms with Gasteiger partial charge in [0.05, 0.1) is 17.9 Å². The topological polar surface area (TPSA) is 44.1 Å². The van der Waals surface area contributed by atoms with E-state index in [0.717, 1.165) is 17.2 Å². The second-order valence-corrected chi connectivity index (χ2v) is 4.07. The Balaban J connectivity index is 2.38. The van der Waals surface area contributed by atoms with Crippen LogP contribution < -0.4 is 0 Å². The molecular formula is C14H16N2O2. The summed E-state index contributed by atoms with van der Waals surface area (Å²) in [6.07, 6.45) is 1.94. The van der Waals surface area contributed by atoms with E-state index in [9.17, 15) is 4.79 Å². The minimum absolute atomic E-state index is 0.297. The van der Waals surface area contributed by atoms with E-state index in [1.165, 1.54) is 0 Å². The smallest absolute Gasteiger partial charge is 0.338 e. The van der Waals surface area contributed by atoms with Crippen molar-refractivity contribution in [3.63, 3.8) is 0 Å². The summed E-state index contributed by atoms with van der Waals surface area (Å²) in [6.45, 7) is 6.06. The highest BCUT2D eigenvalue weighted by atomic mass is 16.5. The first kappa shape index (κ1) is 12.4. The highest BCUT2D eigenvalue weighted by molar-refractivity contribution is 5.90. The van der Waals surface area contributed by atoms with Crippen LogP contribution in [0.5, 0.6) is 0 Å². The van der Waals surface area contributed by atoms with Crippen LogP contribution in [0.2, 0.25) is 0 Å². The predicted octanol–water partition coefficient (Wildman–Crippen LogP) is 2.67. The van der Waals surface area contributed by atoms with Gasteiger partial charge in [-0.2, -0.15) is 0 Å². The van der Waals surface area contributed by atoms with Gasteiger partial charge in [0.1, 0.15) is 5.82 Å². The Morgan fingerprint density at radius 2 is 2.17 bits per heavy atom. The van der Waals surface area contributed by atoms with Crippen LogP contribution in [-0.2, 0) is 4.74 Å². The number of ether oxygens (including phenoxy) is 1. The quantitative estimate of drug-likeness (QED) is 0.780. The van der Waals surface area contributed by atoms with Crippen LogP contribution in [0.15, 0.2) is 30.5 Å². The Morgan fingerprint density at radius 1 is 1.39 bits per heavy atom. The van der Waals surface area contributed by atoms with Gasteiger partial charge >= 0.3 is 5.97 Å². The van der Waals surface area contributed by atoms with Gasteiger partial charge in [-0.05, 0) is 39.0 Å². The molecule has 1 aromatic heterocycles. The summed E-state index contributed by atoms with van der Waals surface area (Å²) in [7, 11) is 0. The van der Waals surface area contributed by atoms with Crippen LogP contribution in [0, 0.1) is 13.8 Å². The number of rotatable bonds is 3. The zero-order valence-corrected chi connectivity index (χ0v) is 10.8. The Bertz CT molecular complexity index is 573. The van der Waals surface area contributed by atoms with Crippen molar-refractivity contribution in [2.45, 2.75) is 20.8 Å². The number of hydrogen-bond donors (Lipinski definition) is 0. The number of nitrogens with zero attached hydrogens (tertiary/aromatic N) is 2. The van der Waals surface area contributed by atoms with E-state index in [4.69, 9.17) is 4.74 Å². The van der Waals surface area contributed by atoms with E-state index in [-0.39, 0.29) is 5.97 Å². The fourth-order valence-corrected chi connectivity index (χ4v) is 1.88. The summed E-state index contributed by atoms with van der Waals surface area (Å²) in [4.78, 5) is 16.0. The van der Waals surface area contributed by atoms with Crippen LogP contribution in [0.1, 0.15) is 28.8 Å². The highest BCUT2D eigenvalue weighted by Gasteiger charge is 2.09. The van der Waals surface area contributed by atoms with E-state index < -0.39 is 0 Å². The standard InChI is InChI=1S/C14H16N2O2/c1-4-18-14(17)12-6-5-7-13(8-12)16-9-10(2)15-11(16)3/h5-9H,4H2,1-3H3. The molecule has 94 valence electrons. The summed E-state index contributed by atoms with van der Waals surface area (Å²) in [5.41, 5.74) is 2.42. The molecule has 1 aromatic carbocycles. The van der Waals surface area contributed by atoms with E-state index in [0.29, 0.717) is 12.2 Å². The second kappa shape index (κ2) is 5.04. The summed E-state index contributed by atoms with van der Waals surface area (Å²) in [5.74, 6) is 0.599.